The van der Waals surface area contributed by atoms with Crippen LogP contribution in [0.15, 0.2) is 35.9 Å². The van der Waals surface area contributed by atoms with E-state index >= 15 is 0 Å². The largest absolute Gasteiger partial charge is 0.409 e. The van der Waals surface area contributed by atoms with Gasteiger partial charge in [0.25, 0.3) is 0 Å². The van der Waals surface area contributed by atoms with Gasteiger partial charge >= 0.3 is 0 Å². The smallest absolute Gasteiger partial charge is 0.189 e. The van der Waals surface area contributed by atoms with Crippen LogP contribution in [0.5, 0.6) is 0 Å². The summed E-state index contributed by atoms with van der Waals surface area (Å²) in [6.07, 6.45) is 5.31. The van der Waals surface area contributed by atoms with Gasteiger partial charge in [0.2, 0.25) is 0 Å². The third kappa shape index (κ3) is 3.12. The topological polar surface area (TPSA) is 92.6 Å². The van der Waals surface area contributed by atoms with Crippen LogP contribution in [0.4, 0.5) is 0 Å². The lowest BCUT2D eigenvalue weighted by molar-refractivity contribution is 0.305. The van der Waals surface area contributed by atoms with Crippen molar-refractivity contribution in [1.82, 2.24) is 19.4 Å². The average molecular weight is 274 g/mol. The van der Waals surface area contributed by atoms with E-state index in [0.717, 1.165) is 11.4 Å². The predicted molar refractivity (Wildman–Crippen MR) is 75.1 cm³/mol. The Bertz CT molecular complexity index is 606. The van der Waals surface area contributed by atoms with Crippen LogP contribution >= 0.6 is 0 Å². The number of hydrogen-bond acceptors (Lipinski definition) is 5. The van der Waals surface area contributed by atoms with E-state index in [9.17, 15) is 0 Å². The van der Waals surface area contributed by atoms with E-state index in [0.29, 0.717) is 18.8 Å². The predicted octanol–water partition coefficient (Wildman–Crippen LogP) is 0.542. The van der Waals surface area contributed by atoms with E-state index in [1.807, 2.05) is 37.0 Å². The van der Waals surface area contributed by atoms with Gasteiger partial charge in [0.15, 0.2) is 5.84 Å². The highest BCUT2D eigenvalue weighted by atomic mass is 16.4. The number of imidazole rings is 1. The Kier molecular flexibility index (Phi) is 4.31. The Balaban J connectivity index is 2.12. The van der Waals surface area contributed by atoms with E-state index in [4.69, 9.17) is 10.9 Å². The second kappa shape index (κ2) is 6.16. The third-order valence-corrected chi connectivity index (χ3v) is 3.01. The third-order valence-electron chi connectivity index (χ3n) is 3.01. The number of hydrogen-bond donors (Lipinski definition) is 2. The number of nitrogens with two attached hydrogens (primary N) is 1. The molecule has 7 heteroatoms. The number of nitrogens with zero attached hydrogens (tertiary/aromatic N) is 5. The fourth-order valence-corrected chi connectivity index (χ4v) is 1.98. The van der Waals surface area contributed by atoms with Gasteiger partial charge in [0.1, 0.15) is 11.5 Å². The SMILES string of the molecule is CN(Cc1cccnc1C(N)=NO)Cc1nccn1C. The zero-order valence-electron chi connectivity index (χ0n) is 11.6. The molecule has 0 aliphatic heterocycles. The zero-order valence-corrected chi connectivity index (χ0v) is 11.6. The van der Waals surface area contributed by atoms with Gasteiger partial charge in [-0.2, -0.15) is 0 Å². The molecule has 0 unspecified atom stereocenters. The molecule has 0 atom stereocenters. The number of pyridine rings is 1. The minimum Gasteiger partial charge on any atom is -0.409 e. The van der Waals surface area contributed by atoms with Crippen molar-refractivity contribution in [3.8, 4) is 0 Å². The quantitative estimate of drug-likeness (QED) is 0.359. The van der Waals surface area contributed by atoms with Gasteiger partial charge in [-0.05, 0) is 18.7 Å². The van der Waals surface area contributed by atoms with Crippen molar-refractivity contribution in [2.75, 3.05) is 7.05 Å². The van der Waals surface area contributed by atoms with Crippen LogP contribution in [0.2, 0.25) is 0 Å². The van der Waals surface area contributed by atoms with Crippen LogP contribution in [0.1, 0.15) is 17.1 Å². The molecule has 106 valence electrons. The monoisotopic (exact) mass is 274 g/mol. The number of oxime groups is 1. The zero-order chi connectivity index (χ0) is 14.5. The molecule has 20 heavy (non-hydrogen) atoms. The van der Waals surface area contributed by atoms with Gasteiger partial charge < -0.3 is 15.5 Å². The normalized spacial score (nSPS) is 12.1. The van der Waals surface area contributed by atoms with Gasteiger partial charge in [-0.15, -0.1) is 0 Å². The summed E-state index contributed by atoms with van der Waals surface area (Å²) in [6.45, 7) is 1.33. The molecule has 0 radical (unpaired) electrons. The fraction of sp³-hybridized carbons (Fsp3) is 0.308. The van der Waals surface area contributed by atoms with Crippen molar-refractivity contribution in [2.45, 2.75) is 13.1 Å². The minimum absolute atomic E-state index is 0.0194. The van der Waals surface area contributed by atoms with Crippen LogP contribution in [0, 0.1) is 0 Å². The minimum atomic E-state index is 0.0194. The van der Waals surface area contributed by atoms with Crippen molar-refractivity contribution in [3.63, 3.8) is 0 Å². The molecule has 7 nitrogen and oxygen atoms in total. The first kappa shape index (κ1) is 14.0. The Morgan fingerprint density at radius 1 is 1.40 bits per heavy atom. The summed E-state index contributed by atoms with van der Waals surface area (Å²) < 4.78 is 1.98. The van der Waals surface area contributed by atoms with Crippen LogP contribution in [0.3, 0.4) is 0 Å². The second-order valence-electron chi connectivity index (χ2n) is 4.62. The number of aromatic nitrogens is 3. The highest BCUT2D eigenvalue weighted by Crippen LogP contribution is 2.10. The van der Waals surface area contributed by atoms with Gasteiger partial charge in [0, 0.05) is 32.2 Å². The van der Waals surface area contributed by atoms with Crippen LogP contribution in [-0.2, 0) is 20.1 Å². The first-order valence-electron chi connectivity index (χ1n) is 6.18. The molecular formula is C13H18N6O. The van der Waals surface area contributed by atoms with E-state index in [1.54, 1.807) is 12.4 Å². The van der Waals surface area contributed by atoms with Crippen LogP contribution in [-0.4, -0.2) is 37.5 Å². The summed E-state index contributed by atoms with van der Waals surface area (Å²) in [5.74, 6) is 0.993. The lowest BCUT2D eigenvalue weighted by atomic mass is 10.1. The first-order chi connectivity index (χ1) is 9.61. The summed E-state index contributed by atoms with van der Waals surface area (Å²) in [5.41, 5.74) is 7.04. The van der Waals surface area contributed by atoms with Crippen molar-refractivity contribution in [3.05, 3.63) is 47.8 Å². The average Bonchev–Trinajstić information content (AvgIpc) is 2.84. The summed E-state index contributed by atoms with van der Waals surface area (Å²) in [6, 6.07) is 3.74. The Morgan fingerprint density at radius 2 is 2.20 bits per heavy atom. The molecule has 0 saturated carbocycles. The Labute approximate surface area is 117 Å². The van der Waals surface area contributed by atoms with Crippen molar-refractivity contribution in [1.29, 1.82) is 0 Å². The molecule has 0 aliphatic rings. The van der Waals surface area contributed by atoms with E-state index in [2.05, 4.69) is 20.0 Å². The van der Waals surface area contributed by atoms with Gasteiger partial charge in [-0.1, -0.05) is 11.2 Å². The number of amidine groups is 1. The van der Waals surface area contributed by atoms with Crippen LogP contribution < -0.4 is 5.73 Å². The first-order valence-corrected chi connectivity index (χ1v) is 6.18. The van der Waals surface area contributed by atoms with Crippen molar-refractivity contribution < 1.29 is 5.21 Å². The molecular weight excluding hydrogens is 256 g/mol. The molecule has 0 fully saturated rings. The molecule has 3 N–H and O–H groups in total. The molecule has 0 amide bonds. The molecule has 0 spiro atoms. The molecule has 2 heterocycles. The highest BCUT2D eigenvalue weighted by Gasteiger charge is 2.11. The summed E-state index contributed by atoms with van der Waals surface area (Å²) in [5, 5.41) is 11.8. The van der Waals surface area contributed by atoms with E-state index in [-0.39, 0.29) is 5.84 Å². The lowest BCUT2D eigenvalue weighted by Crippen LogP contribution is -2.23. The standard InChI is InChI=1S/C13H18N6O/c1-18(9-11-15-6-7-19(11)2)8-10-4-3-5-16-12(10)13(14)17-20/h3-7,20H,8-9H2,1-2H3,(H2,14,17). The number of rotatable bonds is 5. The highest BCUT2D eigenvalue weighted by molar-refractivity contribution is 5.96. The molecule has 0 saturated heterocycles. The van der Waals surface area contributed by atoms with Crippen molar-refractivity contribution in [2.24, 2.45) is 17.9 Å². The van der Waals surface area contributed by atoms with E-state index in [1.165, 1.54) is 0 Å². The number of aryl methyl sites for hydroxylation is 1. The van der Waals surface area contributed by atoms with E-state index < -0.39 is 0 Å². The maximum Gasteiger partial charge on any atom is 0.189 e. The maximum absolute atomic E-state index is 8.79. The maximum atomic E-state index is 8.79. The molecule has 0 bridgehead atoms. The molecule has 2 aromatic rings. The molecule has 0 aliphatic carbocycles. The van der Waals surface area contributed by atoms with Gasteiger partial charge in [-0.25, -0.2) is 4.98 Å². The molecule has 2 rings (SSSR count). The lowest BCUT2D eigenvalue weighted by Gasteiger charge is -2.17. The fourth-order valence-electron chi connectivity index (χ4n) is 1.98. The van der Waals surface area contributed by atoms with Gasteiger partial charge in [0.05, 0.1) is 6.54 Å². The molecule has 0 aromatic carbocycles. The summed E-state index contributed by atoms with van der Waals surface area (Å²) in [4.78, 5) is 10.5. The van der Waals surface area contributed by atoms with Crippen LogP contribution in [0.25, 0.3) is 0 Å². The molecule has 2 aromatic heterocycles. The van der Waals surface area contributed by atoms with Crippen molar-refractivity contribution >= 4 is 5.84 Å². The van der Waals surface area contributed by atoms with Gasteiger partial charge in [-0.3, -0.25) is 9.88 Å². The summed E-state index contributed by atoms with van der Waals surface area (Å²) >= 11 is 0. The second-order valence-corrected chi connectivity index (χ2v) is 4.62. The summed E-state index contributed by atoms with van der Waals surface area (Å²) in [7, 11) is 3.94. The Hall–Kier alpha value is -2.41. The Morgan fingerprint density at radius 3 is 2.85 bits per heavy atom.